The number of carbonyl (C=O) groups is 1. The van der Waals surface area contributed by atoms with Crippen LogP contribution in [0.2, 0.25) is 0 Å². The third kappa shape index (κ3) is 2.61. The Kier molecular flexibility index (Phi) is 3.81. The zero-order chi connectivity index (χ0) is 22.0. The van der Waals surface area contributed by atoms with Gasteiger partial charge in [0.2, 0.25) is 0 Å². The van der Waals surface area contributed by atoms with Crippen LogP contribution in [0.15, 0.2) is 36.5 Å². The lowest BCUT2D eigenvalue weighted by molar-refractivity contribution is -0.134. The lowest BCUT2D eigenvalue weighted by Gasteiger charge is -2.27. The van der Waals surface area contributed by atoms with Crippen molar-refractivity contribution in [2.45, 2.75) is 18.6 Å². The van der Waals surface area contributed by atoms with Gasteiger partial charge in [-0.1, -0.05) is 18.2 Å². The van der Waals surface area contributed by atoms with Gasteiger partial charge in [0, 0.05) is 18.5 Å². The Morgan fingerprint density at radius 3 is 2.84 bits per heavy atom. The summed E-state index contributed by atoms with van der Waals surface area (Å²) in [4.78, 5) is 25.3. The molecule has 6 rings (SSSR count). The third-order valence-electron chi connectivity index (χ3n) is 5.75. The number of hydrogen-bond donors (Lipinski definition) is 3. The van der Waals surface area contributed by atoms with Crippen LogP contribution < -0.4 is 10.6 Å². The first-order valence-corrected chi connectivity index (χ1v) is 9.90. The van der Waals surface area contributed by atoms with Crippen LogP contribution in [0.1, 0.15) is 17.5 Å². The molecule has 32 heavy (non-hydrogen) atoms. The van der Waals surface area contributed by atoms with Crippen molar-refractivity contribution in [1.29, 1.82) is 0 Å². The zero-order valence-electron chi connectivity index (χ0n) is 16.4. The molecule has 1 unspecified atom stereocenters. The second-order valence-electron chi connectivity index (χ2n) is 7.73. The topological polar surface area (TPSA) is 118 Å². The summed E-state index contributed by atoms with van der Waals surface area (Å²) in [5, 5.41) is 21.3. The van der Waals surface area contributed by atoms with Crippen LogP contribution in [0.3, 0.4) is 0 Å². The molecule has 3 N–H and O–H groups in total. The molecular weight excluding hydrogens is 420 g/mol. The standard InChI is InChI=1S/C21H15F2N7O2/c22-11-7-12-15(29-30(19(12)25-8-11)9-10-3-1-2-4-13(10)23)18-26-16-14-17(27-18)28-20(31)21(14,32)5-6-24-16/h1-4,7-8,32H,5-6,9H2,(H2,24,26,27,28,31). The van der Waals surface area contributed by atoms with Crippen molar-refractivity contribution in [3.8, 4) is 11.5 Å². The first kappa shape index (κ1) is 18.8. The summed E-state index contributed by atoms with van der Waals surface area (Å²) in [6.45, 7) is 0.403. The van der Waals surface area contributed by atoms with Gasteiger partial charge in [0.1, 0.15) is 29.0 Å². The highest BCUT2D eigenvalue weighted by Gasteiger charge is 2.50. The Labute approximate surface area is 179 Å². The Morgan fingerprint density at radius 1 is 1.19 bits per heavy atom. The summed E-state index contributed by atoms with van der Waals surface area (Å²) < 4.78 is 29.7. The van der Waals surface area contributed by atoms with Gasteiger partial charge >= 0.3 is 0 Å². The number of nitrogens with one attached hydrogen (secondary N) is 2. The fraction of sp³-hybridized carbons (Fsp3) is 0.190. The second-order valence-corrected chi connectivity index (χ2v) is 7.73. The number of benzene rings is 1. The van der Waals surface area contributed by atoms with Gasteiger partial charge < -0.3 is 15.7 Å². The minimum absolute atomic E-state index is 0.0638. The van der Waals surface area contributed by atoms with Gasteiger partial charge in [-0.25, -0.2) is 28.4 Å². The number of nitrogens with zero attached hydrogens (tertiary/aromatic N) is 5. The number of fused-ring (bicyclic) bond motifs is 1. The molecule has 1 atom stereocenters. The van der Waals surface area contributed by atoms with Gasteiger partial charge in [0.15, 0.2) is 17.1 Å². The highest BCUT2D eigenvalue weighted by molar-refractivity contribution is 6.06. The molecule has 1 aromatic carbocycles. The van der Waals surface area contributed by atoms with E-state index in [1.165, 1.54) is 16.8 Å². The maximum atomic E-state index is 14.2. The van der Waals surface area contributed by atoms with Crippen molar-refractivity contribution in [2.75, 3.05) is 17.2 Å². The molecule has 160 valence electrons. The van der Waals surface area contributed by atoms with E-state index in [0.29, 0.717) is 29.0 Å². The largest absolute Gasteiger partial charge is 0.375 e. The van der Waals surface area contributed by atoms with Crippen molar-refractivity contribution >= 4 is 28.6 Å². The number of halogens is 2. The van der Waals surface area contributed by atoms with Gasteiger partial charge in [0.05, 0.1) is 23.7 Å². The van der Waals surface area contributed by atoms with Crippen LogP contribution >= 0.6 is 0 Å². The van der Waals surface area contributed by atoms with Gasteiger partial charge in [-0.2, -0.15) is 5.10 Å². The number of carbonyl (C=O) groups excluding carboxylic acids is 1. The minimum atomic E-state index is -1.69. The fourth-order valence-electron chi connectivity index (χ4n) is 4.20. The van der Waals surface area contributed by atoms with E-state index in [1.807, 2.05) is 0 Å². The number of rotatable bonds is 3. The summed E-state index contributed by atoms with van der Waals surface area (Å²) in [5.41, 5.74) is -0.459. The monoisotopic (exact) mass is 435 g/mol. The average molecular weight is 435 g/mol. The van der Waals surface area contributed by atoms with Crippen molar-refractivity contribution in [3.05, 3.63) is 59.3 Å². The molecule has 9 nitrogen and oxygen atoms in total. The number of hydrogen-bond acceptors (Lipinski definition) is 7. The SMILES string of the molecule is O=C1Nc2nc(-c3nn(Cc4ccccc4F)c4ncc(F)cc34)nc3c2C1(O)CCN3. The van der Waals surface area contributed by atoms with Crippen LogP contribution in [0.5, 0.6) is 0 Å². The van der Waals surface area contributed by atoms with Crippen molar-refractivity contribution in [1.82, 2.24) is 24.7 Å². The number of aromatic nitrogens is 5. The van der Waals surface area contributed by atoms with Crippen LogP contribution in [0.4, 0.5) is 20.4 Å². The molecule has 4 aromatic rings. The van der Waals surface area contributed by atoms with Gasteiger partial charge in [-0.05, 0) is 12.1 Å². The first-order valence-electron chi connectivity index (χ1n) is 9.90. The molecule has 0 fully saturated rings. The summed E-state index contributed by atoms with van der Waals surface area (Å²) in [6, 6.07) is 7.53. The minimum Gasteiger partial charge on any atom is -0.375 e. The molecule has 0 saturated heterocycles. The van der Waals surface area contributed by atoms with Gasteiger partial charge in [-0.15, -0.1) is 0 Å². The van der Waals surface area contributed by atoms with Crippen molar-refractivity contribution in [2.24, 2.45) is 0 Å². The maximum Gasteiger partial charge on any atom is 0.262 e. The van der Waals surface area contributed by atoms with E-state index < -0.39 is 23.1 Å². The van der Waals surface area contributed by atoms with Crippen LogP contribution in [-0.4, -0.2) is 42.3 Å². The Morgan fingerprint density at radius 2 is 2.00 bits per heavy atom. The van der Waals surface area contributed by atoms with Gasteiger partial charge in [0.25, 0.3) is 5.91 Å². The molecule has 2 aliphatic heterocycles. The Balaban J connectivity index is 1.54. The maximum absolute atomic E-state index is 14.2. The van der Waals surface area contributed by atoms with E-state index in [0.717, 1.165) is 6.20 Å². The smallest absolute Gasteiger partial charge is 0.262 e. The quantitative estimate of drug-likeness (QED) is 0.451. The Bertz CT molecular complexity index is 1440. The highest BCUT2D eigenvalue weighted by Crippen LogP contribution is 2.44. The van der Waals surface area contributed by atoms with E-state index in [4.69, 9.17) is 0 Å². The molecule has 0 aliphatic carbocycles. The number of pyridine rings is 1. The predicted molar refractivity (Wildman–Crippen MR) is 110 cm³/mol. The summed E-state index contributed by atoms with van der Waals surface area (Å²) in [5.74, 6) is -0.951. The predicted octanol–water partition coefficient (Wildman–Crippen LogP) is 2.17. The fourth-order valence-corrected chi connectivity index (χ4v) is 4.20. The lowest BCUT2D eigenvalue weighted by Crippen LogP contribution is -2.39. The van der Waals surface area contributed by atoms with Crippen LogP contribution in [0.25, 0.3) is 22.6 Å². The first-order chi connectivity index (χ1) is 15.4. The van der Waals surface area contributed by atoms with E-state index in [2.05, 4.69) is 30.7 Å². The summed E-state index contributed by atoms with van der Waals surface area (Å²) in [7, 11) is 0. The van der Waals surface area contributed by atoms with E-state index in [-0.39, 0.29) is 35.9 Å². The molecular formula is C21H15F2N7O2. The second kappa shape index (κ2) is 6.50. The molecule has 0 bridgehead atoms. The highest BCUT2D eigenvalue weighted by atomic mass is 19.1. The Hall–Kier alpha value is -3.99. The molecule has 0 radical (unpaired) electrons. The third-order valence-corrected chi connectivity index (χ3v) is 5.75. The van der Waals surface area contributed by atoms with E-state index >= 15 is 0 Å². The lowest BCUT2D eigenvalue weighted by atomic mass is 9.90. The molecule has 0 spiro atoms. The normalized spacial score (nSPS) is 19.0. The summed E-state index contributed by atoms with van der Waals surface area (Å²) in [6.07, 6.45) is 1.25. The number of anilines is 2. The zero-order valence-corrected chi connectivity index (χ0v) is 16.4. The van der Waals surface area contributed by atoms with E-state index in [9.17, 15) is 18.7 Å². The molecule has 2 aliphatic rings. The molecule has 1 amide bonds. The molecule has 5 heterocycles. The molecule has 0 saturated carbocycles. The van der Waals surface area contributed by atoms with Crippen LogP contribution in [-0.2, 0) is 16.9 Å². The average Bonchev–Trinajstić information content (AvgIpc) is 3.25. The van der Waals surface area contributed by atoms with Crippen LogP contribution in [0, 0.1) is 11.6 Å². The number of amides is 1. The van der Waals surface area contributed by atoms with Crippen molar-refractivity contribution < 1.29 is 18.7 Å². The molecule has 11 heteroatoms. The van der Waals surface area contributed by atoms with Gasteiger partial charge in [-0.3, -0.25) is 4.79 Å². The molecule has 3 aromatic heterocycles. The number of aliphatic hydroxyl groups is 1. The van der Waals surface area contributed by atoms with E-state index in [1.54, 1.807) is 18.2 Å². The van der Waals surface area contributed by atoms with Crippen molar-refractivity contribution in [3.63, 3.8) is 0 Å². The summed E-state index contributed by atoms with van der Waals surface area (Å²) >= 11 is 0.